The van der Waals surface area contributed by atoms with Crippen molar-refractivity contribution in [3.05, 3.63) is 29.6 Å². The molecule has 1 aromatic rings. The van der Waals surface area contributed by atoms with Gasteiger partial charge in [-0.25, -0.2) is 12.8 Å². The Balaban J connectivity index is 3.32. The Hall–Kier alpha value is -0.650. The fraction of sp³-hybridized carbons (Fsp3) is 0.571. The third kappa shape index (κ3) is 3.71. The van der Waals surface area contributed by atoms with Crippen molar-refractivity contribution < 1.29 is 12.8 Å². The molecule has 3 nitrogen and oxygen atoms in total. The second-order valence-electron chi connectivity index (χ2n) is 4.68. The summed E-state index contributed by atoms with van der Waals surface area (Å²) in [7, 11) is -3.73. The molecular weight excluding hydrogens is 301 g/mol. The molecule has 0 aliphatic rings. The molecular formula is C14H21ClFNO2S. The molecule has 0 aliphatic heterocycles. The summed E-state index contributed by atoms with van der Waals surface area (Å²) >= 11 is 5.74. The van der Waals surface area contributed by atoms with Crippen LogP contribution in [0.2, 0.25) is 0 Å². The molecule has 0 saturated carbocycles. The highest BCUT2D eigenvalue weighted by Crippen LogP contribution is 2.24. The van der Waals surface area contributed by atoms with E-state index >= 15 is 0 Å². The predicted octanol–water partition coefficient (Wildman–Crippen LogP) is 3.55. The predicted molar refractivity (Wildman–Crippen MR) is 80.1 cm³/mol. The Morgan fingerprint density at radius 2 is 1.90 bits per heavy atom. The van der Waals surface area contributed by atoms with Gasteiger partial charge in [0.05, 0.1) is 4.90 Å². The van der Waals surface area contributed by atoms with Gasteiger partial charge in [-0.3, -0.25) is 0 Å². The van der Waals surface area contributed by atoms with Gasteiger partial charge in [-0.05, 0) is 37.5 Å². The van der Waals surface area contributed by atoms with Gasteiger partial charge in [0, 0.05) is 18.5 Å². The van der Waals surface area contributed by atoms with E-state index in [1.165, 1.54) is 16.4 Å². The summed E-state index contributed by atoms with van der Waals surface area (Å²) in [4.78, 5) is 0.0227. The minimum Gasteiger partial charge on any atom is -0.207 e. The maximum atomic E-state index is 13.4. The van der Waals surface area contributed by atoms with Gasteiger partial charge in [0.1, 0.15) is 5.82 Å². The van der Waals surface area contributed by atoms with Crippen molar-refractivity contribution in [2.75, 3.05) is 12.4 Å². The normalized spacial score (nSPS) is 12.3. The molecule has 0 saturated heterocycles. The first-order valence-corrected chi connectivity index (χ1v) is 8.69. The zero-order valence-corrected chi connectivity index (χ0v) is 13.6. The number of alkyl halides is 1. The Kier molecular flexibility index (Phi) is 6.43. The summed E-state index contributed by atoms with van der Waals surface area (Å²) in [6.07, 6.45) is 1.39. The first-order valence-electron chi connectivity index (χ1n) is 6.72. The van der Waals surface area contributed by atoms with E-state index in [1.54, 1.807) is 6.92 Å². The molecule has 0 heterocycles. The molecule has 1 rings (SSSR count). The molecule has 20 heavy (non-hydrogen) atoms. The van der Waals surface area contributed by atoms with Crippen molar-refractivity contribution in [2.45, 2.75) is 44.6 Å². The van der Waals surface area contributed by atoms with Crippen LogP contribution in [0.1, 0.15) is 32.3 Å². The average molecular weight is 322 g/mol. The van der Waals surface area contributed by atoms with Crippen LogP contribution in [0.4, 0.5) is 4.39 Å². The Morgan fingerprint density at radius 1 is 1.30 bits per heavy atom. The van der Waals surface area contributed by atoms with Gasteiger partial charge in [-0.1, -0.05) is 19.9 Å². The third-order valence-electron chi connectivity index (χ3n) is 3.39. The number of nitrogens with zero attached hydrogens (tertiary/aromatic N) is 1. The van der Waals surface area contributed by atoms with E-state index in [-0.39, 0.29) is 23.4 Å². The Morgan fingerprint density at radius 3 is 2.40 bits per heavy atom. The van der Waals surface area contributed by atoms with Crippen LogP contribution in [-0.2, 0) is 10.0 Å². The lowest BCUT2D eigenvalue weighted by atomic mass is 10.2. The summed E-state index contributed by atoms with van der Waals surface area (Å²) < 4.78 is 40.3. The van der Waals surface area contributed by atoms with Crippen molar-refractivity contribution in [3.63, 3.8) is 0 Å². The summed E-state index contributed by atoms with van der Waals surface area (Å²) in [6, 6.07) is 3.70. The molecule has 0 fully saturated rings. The van der Waals surface area contributed by atoms with Crippen LogP contribution in [0.15, 0.2) is 23.1 Å². The molecule has 0 bridgehead atoms. The largest absolute Gasteiger partial charge is 0.243 e. The maximum Gasteiger partial charge on any atom is 0.243 e. The van der Waals surface area contributed by atoms with Crippen molar-refractivity contribution in [2.24, 2.45) is 0 Å². The quantitative estimate of drug-likeness (QED) is 0.720. The van der Waals surface area contributed by atoms with Crippen LogP contribution in [0.3, 0.4) is 0 Å². The van der Waals surface area contributed by atoms with E-state index in [1.807, 2.05) is 13.8 Å². The lowest BCUT2D eigenvalue weighted by Gasteiger charge is -2.29. The first-order chi connectivity index (χ1) is 9.38. The van der Waals surface area contributed by atoms with Gasteiger partial charge in [-0.15, -0.1) is 11.6 Å². The number of benzene rings is 1. The van der Waals surface area contributed by atoms with E-state index in [0.29, 0.717) is 18.4 Å². The van der Waals surface area contributed by atoms with Gasteiger partial charge in [0.15, 0.2) is 0 Å². The van der Waals surface area contributed by atoms with Crippen LogP contribution in [-0.4, -0.2) is 31.2 Å². The molecule has 114 valence electrons. The number of hydrogen-bond acceptors (Lipinski definition) is 2. The molecule has 1 aromatic carbocycles. The van der Waals surface area contributed by atoms with Crippen LogP contribution in [0, 0.1) is 12.7 Å². The summed E-state index contributed by atoms with van der Waals surface area (Å²) in [5, 5.41) is 0. The first kappa shape index (κ1) is 17.4. The number of sulfonamides is 1. The highest BCUT2D eigenvalue weighted by Gasteiger charge is 2.30. The standard InChI is InChI=1S/C14H21ClFNO2S/c1-4-13(5-2)17(9-8-15)20(18,19)14-10-12(16)7-6-11(14)3/h6-7,10,13H,4-5,8-9H2,1-3H3. The lowest BCUT2D eigenvalue weighted by Crippen LogP contribution is -2.41. The fourth-order valence-corrected chi connectivity index (χ4v) is 4.55. The second kappa shape index (κ2) is 7.38. The highest BCUT2D eigenvalue weighted by molar-refractivity contribution is 7.89. The third-order valence-corrected chi connectivity index (χ3v) is 5.65. The van der Waals surface area contributed by atoms with Gasteiger partial charge >= 0.3 is 0 Å². The zero-order chi connectivity index (χ0) is 15.3. The SMILES string of the molecule is CCC(CC)N(CCCl)S(=O)(=O)c1cc(F)ccc1C. The van der Waals surface area contributed by atoms with Gasteiger partial charge in [0.2, 0.25) is 10.0 Å². The zero-order valence-electron chi connectivity index (χ0n) is 12.1. The summed E-state index contributed by atoms with van der Waals surface area (Å²) in [5.41, 5.74) is 0.539. The van der Waals surface area contributed by atoms with Crippen LogP contribution < -0.4 is 0 Å². The molecule has 0 aromatic heterocycles. The number of aryl methyl sites for hydroxylation is 1. The van der Waals surface area contributed by atoms with Crippen molar-refractivity contribution >= 4 is 21.6 Å². The van der Waals surface area contributed by atoms with Crippen LogP contribution >= 0.6 is 11.6 Å². The molecule has 6 heteroatoms. The van der Waals surface area contributed by atoms with Crippen molar-refractivity contribution in [1.29, 1.82) is 0 Å². The van der Waals surface area contributed by atoms with E-state index in [9.17, 15) is 12.8 Å². The Labute approximate surface area is 125 Å². The molecule has 0 spiro atoms. The molecule has 0 N–H and O–H groups in total. The molecule has 0 atom stereocenters. The number of rotatable bonds is 7. The van der Waals surface area contributed by atoms with Crippen molar-refractivity contribution in [1.82, 2.24) is 4.31 Å². The smallest absolute Gasteiger partial charge is 0.207 e. The fourth-order valence-electron chi connectivity index (χ4n) is 2.26. The van der Waals surface area contributed by atoms with E-state index in [2.05, 4.69) is 0 Å². The maximum absolute atomic E-state index is 13.4. The van der Waals surface area contributed by atoms with Crippen molar-refractivity contribution in [3.8, 4) is 0 Å². The van der Waals surface area contributed by atoms with Gasteiger partial charge in [0.25, 0.3) is 0 Å². The summed E-state index contributed by atoms with van der Waals surface area (Å²) in [6.45, 7) is 5.76. The Bertz CT molecular complexity index is 544. The molecule has 0 amide bonds. The minimum absolute atomic E-state index is 0.0227. The molecule has 0 unspecified atom stereocenters. The topological polar surface area (TPSA) is 37.4 Å². The van der Waals surface area contributed by atoms with Crippen LogP contribution in [0.5, 0.6) is 0 Å². The van der Waals surface area contributed by atoms with E-state index in [4.69, 9.17) is 11.6 Å². The second-order valence-corrected chi connectivity index (χ2v) is 6.92. The van der Waals surface area contributed by atoms with Crippen LogP contribution in [0.25, 0.3) is 0 Å². The van der Waals surface area contributed by atoms with Gasteiger partial charge < -0.3 is 0 Å². The van der Waals surface area contributed by atoms with E-state index in [0.717, 1.165) is 6.07 Å². The minimum atomic E-state index is -3.73. The number of hydrogen-bond donors (Lipinski definition) is 0. The highest BCUT2D eigenvalue weighted by atomic mass is 35.5. The summed E-state index contributed by atoms with van der Waals surface area (Å²) in [5.74, 6) is -0.339. The average Bonchev–Trinajstić information content (AvgIpc) is 2.41. The van der Waals surface area contributed by atoms with E-state index < -0.39 is 15.8 Å². The monoisotopic (exact) mass is 321 g/mol. The molecule has 0 radical (unpaired) electrons. The van der Waals surface area contributed by atoms with Gasteiger partial charge in [-0.2, -0.15) is 4.31 Å². The number of halogens is 2. The molecule has 0 aliphatic carbocycles. The lowest BCUT2D eigenvalue weighted by molar-refractivity contribution is 0.316.